The fourth-order valence-corrected chi connectivity index (χ4v) is 2.42. The topological polar surface area (TPSA) is 53.0 Å². The molecule has 2 atom stereocenters. The lowest BCUT2D eigenvalue weighted by Gasteiger charge is -2.39. The standard InChI is InChI=1S/C11H20N2O3/c1-12-4-5-13(10(8-14)11(12)15)7-9-3-2-6-16-9/h9-10,14H,2-8H2,1H3. The maximum absolute atomic E-state index is 11.8. The Morgan fingerprint density at radius 1 is 1.50 bits per heavy atom. The average molecular weight is 228 g/mol. The van der Waals surface area contributed by atoms with Crippen molar-refractivity contribution in [3.63, 3.8) is 0 Å². The van der Waals surface area contributed by atoms with E-state index >= 15 is 0 Å². The third-order valence-corrected chi connectivity index (χ3v) is 3.46. The van der Waals surface area contributed by atoms with E-state index in [1.54, 1.807) is 11.9 Å². The van der Waals surface area contributed by atoms with E-state index in [0.717, 1.165) is 39.1 Å². The Hall–Kier alpha value is -0.650. The molecule has 2 unspecified atom stereocenters. The molecule has 0 aromatic heterocycles. The summed E-state index contributed by atoms with van der Waals surface area (Å²) in [5.41, 5.74) is 0. The molecule has 5 nitrogen and oxygen atoms in total. The Balaban J connectivity index is 1.94. The summed E-state index contributed by atoms with van der Waals surface area (Å²) in [4.78, 5) is 15.6. The van der Waals surface area contributed by atoms with Gasteiger partial charge >= 0.3 is 0 Å². The van der Waals surface area contributed by atoms with Gasteiger partial charge in [0.05, 0.1) is 12.7 Å². The Labute approximate surface area is 96.0 Å². The van der Waals surface area contributed by atoms with Crippen LogP contribution in [0.25, 0.3) is 0 Å². The van der Waals surface area contributed by atoms with Crippen LogP contribution in [0.5, 0.6) is 0 Å². The Bertz CT molecular complexity index is 254. The molecule has 2 rings (SSSR count). The monoisotopic (exact) mass is 228 g/mol. The third kappa shape index (κ3) is 2.36. The molecule has 0 aliphatic carbocycles. The van der Waals surface area contributed by atoms with Crippen LogP contribution in [0.1, 0.15) is 12.8 Å². The predicted octanol–water partition coefficient (Wildman–Crippen LogP) is -0.700. The molecule has 2 fully saturated rings. The van der Waals surface area contributed by atoms with E-state index in [9.17, 15) is 9.90 Å². The van der Waals surface area contributed by atoms with Gasteiger partial charge in [0.25, 0.3) is 0 Å². The van der Waals surface area contributed by atoms with E-state index in [1.165, 1.54) is 0 Å². The number of rotatable bonds is 3. The lowest BCUT2D eigenvalue weighted by atomic mass is 10.1. The number of nitrogens with zero attached hydrogens (tertiary/aromatic N) is 2. The van der Waals surface area contributed by atoms with Crippen molar-refractivity contribution in [2.75, 3.05) is 39.9 Å². The molecule has 1 N–H and O–H groups in total. The summed E-state index contributed by atoms with van der Waals surface area (Å²) in [5.74, 6) is 0.0201. The molecule has 0 saturated carbocycles. The van der Waals surface area contributed by atoms with Gasteiger partial charge in [-0.3, -0.25) is 9.69 Å². The van der Waals surface area contributed by atoms with Crippen LogP contribution in [-0.2, 0) is 9.53 Å². The van der Waals surface area contributed by atoms with E-state index < -0.39 is 0 Å². The highest BCUT2D eigenvalue weighted by molar-refractivity contribution is 5.82. The Morgan fingerprint density at radius 2 is 2.31 bits per heavy atom. The predicted molar refractivity (Wildman–Crippen MR) is 59.1 cm³/mol. The molecule has 0 spiro atoms. The van der Waals surface area contributed by atoms with Gasteiger partial charge in [0.2, 0.25) is 5.91 Å². The Morgan fingerprint density at radius 3 is 2.94 bits per heavy atom. The van der Waals surface area contributed by atoms with Crippen LogP contribution in [-0.4, -0.2) is 72.9 Å². The first-order chi connectivity index (χ1) is 7.72. The zero-order valence-electron chi connectivity index (χ0n) is 9.76. The van der Waals surface area contributed by atoms with Gasteiger partial charge < -0.3 is 14.7 Å². The third-order valence-electron chi connectivity index (χ3n) is 3.46. The summed E-state index contributed by atoms with van der Waals surface area (Å²) >= 11 is 0. The van der Waals surface area contributed by atoms with Crippen LogP contribution in [0.15, 0.2) is 0 Å². The van der Waals surface area contributed by atoms with Crippen LogP contribution in [0.4, 0.5) is 0 Å². The first-order valence-corrected chi connectivity index (χ1v) is 5.94. The molecule has 2 saturated heterocycles. The van der Waals surface area contributed by atoms with E-state index in [2.05, 4.69) is 4.90 Å². The molecular weight excluding hydrogens is 208 g/mol. The van der Waals surface area contributed by atoms with Gasteiger partial charge in [-0.2, -0.15) is 0 Å². The normalized spacial score (nSPS) is 32.4. The maximum Gasteiger partial charge on any atom is 0.242 e. The summed E-state index contributed by atoms with van der Waals surface area (Å²) in [6, 6.07) is -0.372. The Kier molecular flexibility index (Phi) is 3.78. The molecule has 1 amide bonds. The molecule has 0 bridgehead atoms. The van der Waals surface area contributed by atoms with Crippen molar-refractivity contribution in [1.82, 2.24) is 9.80 Å². The minimum Gasteiger partial charge on any atom is -0.394 e. The SMILES string of the molecule is CN1CCN(CC2CCCO2)C(CO)C1=O. The summed E-state index contributed by atoms with van der Waals surface area (Å²) in [6.07, 6.45) is 2.42. The number of carbonyl (C=O) groups is 1. The number of amides is 1. The van der Waals surface area contributed by atoms with E-state index in [4.69, 9.17) is 4.74 Å². The second kappa shape index (κ2) is 5.12. The highest BCUT2D eigenvalue weighted by Crippen LogP contribution is 2.17. The summed E-state index contributed by atoms with van der Waals surface area (Å²) in [6.45, 7) is 3.06. The molecular formula is C11H20N2O3. The number of hydrogen-bond acceptors (Lipinski definition) is 4. The minimum atomic E-state index is -0.372. The molecule has 2 aliphatic heterocycles. The second-order valence-corrected chi connectivity index (χ2v) is 4.59. The number of carbonyl (C=O) groups excluding carboxylic acids is 1. The zero-order valence-corrected chi connectivity index (χ0v) is 9.76. The fourth-order valence-electron chi connectivity index (χ4n) is 2.42. The molecule has 2 aliphatic rings. The summed E-state index contributed by atoms with van der Waals surface area (Å²) in [7, 11) is 1.79. The number of aliphatic hydroxyl groups excluding tert-OH is 1. The first kappa shape index (κ1) is 11.8. The lowest BCUT2D eigenvalue weighted by molar-refractivity contribution is -0.142. The van der Waals surface area contributed by atoms with Gasteiger partial charge in [0, 0.05) is 33.3 Å². The van der Waals surface area contributed by atoms with E-state index in [0.29, 0.717) is 0 Å². The number of likely N-dealkylation sites (N-methyl/N-ethyl adjacent to an activating group) is 1. The van der Waals surface area contributed by atoms with Gasteiger partial charge in [-0.1, -0.05) is 0 Å². The van der Waals surface area contributed by atoms with E-state index in [1.807, 2.05) is 0 Å². The largest absolute Gasteiger partial charge is 0.394 e. The average Bonchev–Trinajstić information content (AvgIpc) is 2.77. The van der Waals surface area contributed by atoms with E-state index in [-0.39, 0.29) is 24.7 Å². The number of piperazine rings is 1. The molecule has 0 aromatic rings. The molecule has 2 heterocycles. The number of hydrogen-bond donors (Lipinski definition) is 1. The van der Waals surface area contributed by atoms with Gasteiger partial charge in [-0.25, -0.2) is 0 Å². The summed E-state index contributed by atoms with van der Waals surface area (Å²) in [5, 5.41) is 9.29. The highest BCUT2D eigenvalue weighted by Gasteiger charge is 2.34. The second-order valence-electron chi connectivity index (χ2n) is 4.59. The van der Waals surface area contributed by atoms with Crippen molar-refractivity contribution in [2.24, 2.45) is 0 Å². The van der Waals surface area contributed by atoms with Crippen molar-refractivity contribution in [3.05, 3.63) is 0 Å². The van der Waals surface area contributed by atoms with Crippen LogP contribution < -0.4 is 0 Å². The quantitative estimate of drug-likeness (QED) is 0.694. The van der Waals surface area contributed by atoms with Crippen molar-refractivity contribution in [3.8, 4) is 0 Å². The molecule has 0 radical (unpaired) electrons. The number of aliphatic hydroxyl groups is 1. The van der Waals surface area contributed by atoms with Crippen molar-refractivity contribution >= 4 is 5.91 Å². The maximum atomic E-state index is 11.8. The molecule has 92 valence electrons. The highest BCUT2D eigenvalue weighted by atomic mass is 16.5. The molecule has 5 heteroatoms. The van der Waals surface area contributed by atoms with Crippen LogP contribution in [0, 0.1) is 0 Å². The minimum absolute atomic E-state index is 0.0201. The van der Waals surface area contributed by atoms with Crippen molar-refractivity contribution in [2.45, 2.75) is 25.0 Å². The number of ether oxygens (including phenoxy) is 1. The fraction of sp³-hybridized carbons (Fsp3) is 0.909. The summed E-state index contributed by atoms with van der Waals surface area (Å²) < 4.78 is 5.56. The van der Waals surface area contributed by atoms with Crippen LogP contribution >= 0.6 is 0 Å². The van der Waals surface area contributed by atoms with Crippen LogP contribution in [0.2, 0.25) is 0 Å². The van der Waals surface area contributed by atoms with Gasteiger partial charge in [0.1, 0.15) is 6.04 Å². The lowest BCUT2D eigenvalue weighted by Crippen LogP contribution is -2.58. The first-order valence-electron chi connectivity index (χ1n) is 5.94. The van der Waals surface area contributed by atoms with Crippen LogP contribution in [0.3, 0.4) is 0 Å². The van der Waals surface area contributed by atoms with Gasteiger partial charge in [0.15, 0.2) is 0 Å². The molecule has 0 aromatic carbocycles. The zero-order chi connectivity index (χ0) is 11.5. The van der Waals surface area contributed by atoms with Crippen molar-refractivity contribution < 1.29 is 14.6 Å². The molecule has 16 heavy (non-hydrogen) atoms. The van der Waals surface area contributed by atoms with Crippen molar-refractivity contribution in [1.29, 1.82) is 0 Å². The smallest absolute Gasteiger partial charge is 0.242 e. The van der Waals surface area contributed by atoms with Gasteiger partial charge in [-0.15, -0.1) is 0 Å². The van der Waals surface area contributed by atoms with Gasteiger partial charge in [-0.05, 0) is 12.8 Å².